The van der Waals surface area contributed by atoms with Crippen molar-refractivity contribution in [3.63, 3.8) is 0 Å². The number of rotatable bonds is 2. The van der Waals surface area contributed by atoms with Crippen LogP contribution in [0.1, 0.15) is 20.9 Å². The predicted molar refractivity (Wildman–Crippen MR) is 69.9 cm³/mol. The fourth-order valence-corrected chi connectivity index (χ4v) is 2.85. The van der Waals surface area contributed by atoms with Gasteiger partial charge < -0.3 is 0 Å². The Balaban J connectivity index is 1.91. The molecule has 0 atom stereocenters. The third-order valence-corrected chi connectivity index (χ3v) is 3.87. The van der Waals surface area contributed by atoms with E-state index in [1.807, 2.05) is 6.07 Å². The number of fused-ring (bicyclic) bond motifs is 1. The summed E-state index contributed by atoms with van der Waals surface area (Å²) in [6.45, 7) is 0.121. The molecule has 7 heteroatoms. The van der Waals surface area contributed by atoms with Gasteiger partial charge in [0.25, 0.3) is 5.91 Å². The van der Waals surface area contributed by atoms with Gasteiger partial charge in [-0.25, -0.2) is 0 Å². The van der Waals surface area contributed by atoms with Crippen molar-refractivity contribution >= 4 is 34.8 Å². The van der Waals surface area contributed by atoms with E-state index >= 15 is 0 Å². The highest BCUT2D eigenvalue weighted by molar-refractivity contribution is 7.15. The van der Waals surface area contributed by atoms with Gasteiger partial charge in [-0.3, -0.25) is 14.5 Å². The second-order valence-electron chi connectivity index (χ2n) is 4.07. The van der Waals surface area contributed by atoms with Gasteiger partial charge in [-0.15, -0.1) is 10.2 Å². The molecule has 1 aromatic heterocycles. The Morgan fingerprint density at radius 1 is 1.26 bits per heavy atom. The molecular formula is C12H8ClN3O2S. The Morgan fingerprint density at radius 2 is 2.05 bits per heavy atom. The van der Waals surface area contributed by atoms with Crippen molar-refractivity contribution in [2.24, 2.45) is 0 Å². The van der Waals surface area contributed by atoms with Crippen molar-refractivity contribution in [1.29, 1.82) is 0 Å². The second-order valence-corrected chi connectivity index (χ2v) is 5.71. The molecule has 3 rings (SSSR count). The van der Waals surface area contributed by atoms with E-state index in [1.54, 1.807) is 18.2 Å². The highest BCUT2D eigenvalue weighted by Gasteiger charge is 2.31. The van der Waals surface area contributed by atoms with E-state index in [9.17, 15) is 9.59 Å². The zero-order valence-corrected chi connectivity index (χ0v) is 11.2. The molecule has 0 bridgehead atoms. The molecule has 2 aromatic rings. The molecule has 1 aromatic carbocycles. The van der Waals surface area contributed by atoms with Crippen molar-refractivity contribution in [2.75, 3.05) is 0 Å². The summed E-state index contributed by atoms with van der Waals surface area (Å²) < 4.78 is 0.298. The Kier molecular flexibility index (Phi) is 3.04. The quantitative estimate of drug-likeness (QED) is 0.794. The maximum atomic E-state index is 12.3. The van der Waals surface area contributed by atoms with Gasteiger partial charge in [0.15, 0.2) is 0 Å². The van der Waals surface area contributed by atoms with Gasteiger partial charge in [0.2, 0.25) is 10.4 Å². The third kappa shape index (κ3) is 2.24. The first-order chi connectivity index (χ1) is 9.15. The van der Waals surface area contributed by atoms with Gasteiger partial charge in [0.1, 0.15) is 5.01 Å². The van der Waals surface area contributed by atoms with Crippen molar-refractivity contribution in [3.05, 3.63) is 44.9 Å². The first-order valence-corrected chi connectivity index (χ1v) is 6.75. The van der Waals surface area contributed by atoms with Crippen molar-refractivity contribution in [2.45, 2.75) is 13.0 Å². The number of carbonyl (C=O) groups excluding carboxylic acids is 2. The lowest BCUT2D eigenvalue weighted by Crippen LogP contribution is -2.41. The van der Waals surface area contributed by atoms with Crippen LogP contribution in [0.3, 0.4) is 0 Å². The Morgan fingerprint density at radius 3 is 2.79 bits per heavy atom. The maximum Gasteiger partial charge on any atom is 0.261 e. The van der Waals surface area contributed by atoms with Gasteiger partial charge >= 0.3 is 0 Å². The fraction of sp³-hybridized carbons (Fsp3) is 0.167. The predicted octanol–water partition coefficient (Wildman–Crippen LogP) is 1.92. The lowest BCUT2D eigenvalue weighted by molar-refractivity contribution is -0.128. The highest BCUT2D eigenvalue weighted by atomic mass is 35.5. The minimum atomic E-state index is -0.293. The maximum absolute atomic E-state index is 12.3. The number of benzene rings is 1. The summed E-state index contributed by atoms with van der Waals surface area (Å²) in [5.74, 6) is -0.520. The Hall–Kier alpha value is -1.79. The van der Waals surface area contributed by atoms with Crippen molar-refractivity contribution in [3.8, 4) is 0 Å². The molecule has 1 aliphatic rings. The van der Waals surface area contributed by atoms with Crippen molar-refractivity contribution in [1.82, 2.24) is 15.1 Å². The normalized spacial score (nSPS) is 14.7. The highest BCUT2D eigenvalue weighted by Crippen LogP contribution is 2.23. The molecule has 2 amide bonds. The standard InChI is InChI=1S/C12H8ClN3O2S/c13-12-15-14-9(19-12)6-16-10(17)5-7-3-1-2-4-8(7)11(16)18/h1-4H,5-6H2. The molecule has 0 saturated carbocycles. The number of nitrogens with zero attached hydrogens (tertiary/aromatic N) is 3. The van der Waals surface area contributed by atoms with Crippen molar-refractivity contribution < 1.29 is 9.59 Å². The molecular weight excluding hydrogens is 286 g/mol. The molecule has 0 N–H and O–H groups in total. The average Bonchev–Trinajstić information content (AvgIpc) is 2.80. The van der Waals surface area contributed by atoms with Crippen LogP contribution in [0, 0.1) is 0 Å². The van der Waals surface area contributed by atoms with E-state index in [0.29, 0.717) is 15.0 Å². The number of halogens is 1. The largest absolute Gasteiger partial charge is 0.274 e. The monoisotopic (exact) mass is 293 g/mol. The zero-order valence-electron chi connectivity index (χ0n) is 9.67. The summed E-state index contributed by atoms with van der Waals surface area (Å²) in [7, 11) is 0. The summed E-state index contributed by atoms with van der Waals surface area (Å²) in [5, 5.41) is 8.03. The number of hydrogen-bond acceptors (Lipinski definition) is 5. The lowest BCUT2D eigenvalue weighted by Gasteiger charge is -2.25. The van der Waals surface area contributed by atoms with E-state index in [1.165, 1.54) is 4.90 Å². The van der Waals surface area contributed by atoms with Gasteiger partial charge in [-0.2, -0.15) is 0 Å². The SMILES string of the molecule is O=C1Cc2ccccc2C(=O)N1Cc1nnc(Cl)s1. The molecule has 0 spiro atoms. The minimum absolute atomic E-state index is 0.121. The van der Waals surface area contributed by atoms with Crippen LogP contribution in [0.25, 0.3) is 0 Å². The van der Waals surface area contributed by atoms with Crippen LogP contribution in [0.15, 0.2) is 24.3 Å². The van der Waals surface area contributed by atoms with E-state index in [4.69, 9.17) is 11.6 Å². The lowest BCUT2D eigenvalue weighted by atomic mass is 9.99. The first kappa shape index (κ1) is 12.3. The summed E-state index contributed by atoms with van der Waals surface area (Å²) in [6.07, 6.45) is 0.231. The molecule has 0 saturated heterocycles. The minimum Gasteiger partial charge on any atom is -0.274 e. The topological polar surface area (TPSA) is 63.2 Å². The van der Waals surface area contributed by atoms with E-state index < -0.39 is 0 Å². The number of amides is 2. The summed E-state index contributed by atoms with van der Waals surface area (Å²) in [5.41, 5.74) is 1.33. The zero-order chi connectivity index (χ0) is 13.4. The van der Waals surface area contributed by atoms with E-state index in [2.05, 4.69) is 10.2 Å². The number of carbonyl (C=O) groups is 2. The first-order valence-electron chi connectivity index (χ1n) is 5.55. The number of aromatic nitrogens is 2. The van der Waals surface area contributed by atoms with Gasteiger partial charge in [-0.1, -0.05) is 29.5 Å². The van der Waals surface area contributed by atoms with Gasteiger partial charge in [0.05, 0.1) is 13.0 Å². The van der Waals surface area contributed by atoms with Crippen LogP contribution in [0.5, 0.6) is 0 Å². The van der Waals surface area contributed by atoms with Crippen LogP contribution < -0.4 is 0 Å². The van der Waals surface area contributed by atoms with Crippen LogP contribution in [-0.4, -0.2) is 26.9 Å². The summed E-state index contributed by atoms with van der Waals surface area (Å²) in [4.78, 5) is 25.5. The molecule has 19 heavy (non-hydrogen) atoms. The molecule has 0 radical (unpaired) electrons. The van der Waals surface area contributed by atoms with E-state index in [-0.39, 0.29) is 24.8 Å². The number of hydrogen-bond donors (Lipinski definition) is 0. The molecule has 5 nitrogen and oxygen atoms in total. The van der Waals surface area contributed by atoms with E-state index in [0.717, 1.165) is 16.9 Å². The molecule has 0 unspecified atom stereocenters. The summed E-state index contributed by atoms with van der Waals surface area (Å²) >= 11 is 6.85. The Bertz CT molecular complexity index is 670. The second kappa shape index (κ2) is 4.71. The number of imide groups is 1. The van der Waals surface area contributed by atoms with Crippen LogP contribution in [-0.2, 0) is 17.8 Å². The molecule has 0 aliphatic carbocycles. The van der Waals surface area contributed by atoms with Crippen LogP contribution in [0.2, 0.25) is 4.47 Å². The van der Waals surface area contributed by atoms with Gasteiger partial charge in [-0.05, 0) is 23.2 Å². The Labute approximate surface area is 117 Å². The fourth-order valence-electron chi connectivity index (χ4n) is 1.99. The molecule has 0 fully saturated rings. The smallest absolute Gasteiger partial charge is 0.261 e. The molecule has 96 valence electrons. The van der Waals surface area contributed by atoms with Crippen LogP contribution in [0.4, 0.5) is 0 Å². The van der Waals surface area contributed by atoms with Crippen LogP contribution >= 0.6 is 22.9 Å². The van der Waals surface area contributed by atoms with Gasteiger partial charge in [0, 0.05) is 5.56 Å². The molecule has 1 aliphatic heterocycles. The summed E-state index contributed by atoms with van der Waals surface area (Å²) in [6, 6.07) is 7.13. The molecule has 2 heterocycles. The third-order valence-electron chi connectivity index (χ3n) is 2.87. The average molecular weight is 294 g/mol.